The van der Waals surface area contributed by atoms with Gasteiger partial charge >= 0.3 is 6.09 Å². The Hall–Kier alpha value is -2.04. The zero-order valence-electron chi connectivity index (χ0n) is 8.83. The molecule has 0 saturated heterocycles. The second-order valence-electron chi connectivity index (χ2n) is 3.38. The second-order valence-corrected chi connectivity index (χ2v) is 3.38. The third-order valence-corrected chi connectivity index (χ3v) is 2.24. The summed E-state index contributed by atoms with van der Waals surface area (Å²) in [4.78, 5) is 10.4. The van der Waals surface area contributed by atoms with Gasteiger partial charge in [-0.1, -0.05) is 12.7 Å². The highest BCUT2D eigenvalue weighted by molar-refractivity contribution is 5.67. The number of rotatable bonds is 3. The molecule has 1 amide bonds. The van der Waals surface area contributed by atoms with E-state index in [1.54, 1.807) is 13.0 Å². The van der Waals surface area contributed by atoms with Gasteiger partial charge in [-0.2, -0.15) is 0 Å². The highest BCUT2D eigenvalue weighted by Crippen LogP contribution is 2.23. The Morgan fingerprint density at radius 3 is 2.81 bits per heavy atom. The first-order chi connectivity index (χ1) is 7.45. The quantitative estimate of drug-likeness (QED) is 0.690. The van der Waals surface area contributed by atoms with E-state index < -0.39 is 18.0 Å². The van der Waals surface area contributed by atoms with Gasteiger partial charge in [-0.25, -0.2) is 9.18 Å². The fourth-order valence-electron chi connectivity index (χ4n) is 1.35. The van der Waals surface area contributed by atoms with Crippen molar-refractivity contribution >= 4 is 17.9 Å². The van der Waals surface area contributed by atoms with Gasteiger partial charge in [0.05, 0.1) is 11.7 Å². The number of nitrogen functional groups attached to an aromatic ring is 1. The number of nitrogens with two attached hydrogens (primary N) is 1. The number of hydrogen-bond donors (Lipinski definition) is 3. The second kappa shape index (κ2) is 4.65. The van der Waals surface area contributed by atoms with Gasteiger partial charge in [0, 0.05) is 5.56 Å². The lowest BCUT2D eigenvalue weighted by Gasteiger charge is -2.14. The van der Waals surface area contributed by atoms with Crippen LogP contribution < -0.4 is 11.1 Å². The van der Waals surface area contributed by atoms with Gasteiger partial charge in [-0.15, -0.1) is 0 Å². The molecule has 1 unspecified atom stereocenters. The molecule has 0 aliphatic carbocycles. The predicted octanol–water partition coefficient (Wildman–Crippen LogP) is 2.38. The Morgan fingerprint density at radius 2 is 2.31 bits per heavy atom. The highest BCUT2D eigenvalue weighted by Gasteiger charge is 2.12. The zero-order valence-corrected chi connectivity index (χ0v) is 8.83. The maximum absolute atomic E-state index is 13.4. The molecule has 1 atom stereocenters. The van der Waals surface area contributed by atoms with Crippen LogP contribution in [-0.2, 0) is 0 Å². The van der Waals surface area contributed by atoms with Gasteiger partial charge in [0.15, 0.2) is 0 Å². The summed E-state index contributed by atoms with van der Waals surface area (Å²) in [5.74, 6) is -0.577. The summed E-state index contributed by atoms with van der Waals surface area (Å²) in [6, 6.07) is 2.31. The summed E-state index contributed by atoms with van der Waals surface area (Å²) < 4.78 is 13.4. The zero-order chi connectivity index (χ0) is 12.3. The molecule has 16 heavy (non-hydrogen) atoms. The first kappa shape index (κ1) is 12.0. The van der Waals surface area contributed by atoms with Crippen LogP contribution in [0.3, 0.4) is 0 Å². The Balaban J connectivity index is 3.10. The average molecular weight is 224 g/mol. The third kappa shape index (κ3) is 2.50. The van der Waals surface area contributed by atoms with Gasteiger partial charge in [0.25, 0.3) is 0 Å². The van der Waals surface area contributed by atoms with E-state index in [1.807, 2.05) is 0 Å². The number of benzene rings is 1. The van der Waals surface area contributed by atoms with Gasteiger partial charge in [-0.3, -0.25) is 0 Å². The monoisotopic (exact) mass is 224 g/mol. The largest absolute Gasteiger partial charge is 0.465 e. The molecule has 0 bridgehead atoms. The topological polar surface area (TPSA) is 75.3 Å². The Morgan fingerprint density at radius 1 is 1.69 bits per heavy atom. The standard InChI is InChI=1S/C11H13FN2O2/c1-3-7-4-8(5-9(12)10(7)13)6(2)14-11(15)16/h3-6,14H,1,13H2,2H3,(H,15,16). The van der Waals surface area contributed by atoms with E-state index in [-0.39, 0.29) is 5.69 Å². The maximum atomic E-state index is 13.4. The van der Waals surface area contributed by atoms with Crippen LogP contribution in [-0.4, -0.2) is 11.2 Å². The molecular formula is C11H13FN2O2. The SMILES string of the molecule is C=Cc1cc(C(C)NC(=O)O)cc(F)c1N. The van der Waals surface area contributed by atoms with Crippen molar-refractivity contribution in [3.63, 3.8) is 0 Å². The van der Waals surface area contributed by atoms with Crippen LogP contribution in [0.2, 0.25) is 0 Å². The molecule has 0 aliphatic heterocycles. The van der Waals surface area contributed by atoms with Gasteiger partial charge in [0.1, 0.15) is 5.82 Å². The molecule has 0 heterocycles. The van der Waals surface area contributed by atoms with E-state index in [9.17, 15) is 9.18 Å². The molecule has 4 nitrogen and oxygen atoms in total. The van der Waals surface area contributed by atoms with Crippen LogP contribution in [0.15, 0.2) is 18.7 Å². The lowest BCUT2D eigenvalue weighted by molar-refractivity contribution is 0.191. The summed E-state index contributed by atoms with van der Waals surface area (Å²) in [5.41, 5.74) is 6.45. The molecule has 5 heteroatoms. The average Bonchev–Trinajstić information content (AvgIpc) is 2.20. The van der Waals surface area contributed by atoms with Gasteiger partial charge in [-0.05, 0) is 24.6 Å². The Bertz CT molecular complexity index is 432. The fraction of sp³-hybridized carbons (Fsp3) is 0.182. The first-order valence-corrected chi connectivity index (χ1v) is 4.66. The van der Waals surface area contributed by atoms with Crippen LogP contribution >= 0.6 is 0 Å². The Kier molecular flexibility index (Phi) is 3.50. The van der Waals surface area contributed by atoms with Crippen molar-refractivity contribution < 1.29 is 14.3 Å². The minimum atomic E-state index is -1.16. The van der Waals surface area contributed by atoms with Gasteiger partial charge < -0.3 is 16.2 Å². The van der Waals surface area contributed by atoms with Crippen molar-refractivity contribution in [3.05, 3.63) is 35.7 Å². The Labute approximate surface area is 92.6 Å². The van der Waals surface area contributed by atoms with E-state index in [4.69, 9.17) is 10.8 Å². The minimum Gasteiger partial charge on any atom is -0.465 e. The summed E-state index contributed by atoms with van der Waals surface area (Å²) in [5, 5.41) is 10.8. The number of anilines is 1. The fourth-order valence-corrected chi connectivity index (χ4v) is 1.35. The van der Waals surface area contributed by atoms with E-state index >= 15 is 0 Å². The van der Waals surface area contributed by atoms with E-state index in [0.717, 1.165) is 0 Å². The molecule has 0 fully saturated rings. The molecule has 0 radical (unpaired) electrons. The van der Waals surface area contributed by atoms with Crippen molar-refractivity contribution in [1.82, 2.24) is 5.32 Å². The molecule has 0 saturated carbocycles. The normalized spacial score (nSPS) is 11.9. The minimum absolute atomic E-state index is 0.0151. The molecule has 4 N–H and O–H groups in total. The van der Waals surface area contributed by atoms with Crippen molar-refractivity contribution in [2.45, 2.75) is 13.0 Å². The van der Waals surface area contributed by atoms with Crippen molar-refractivity contribution in [2.24, 2.45) is 0 Å². The summed E-state index contributed by atoms with van der Waals surface area (Å²) in [6.45, 7) is 5.13. The molecule has 1 aromatic rings. The van der Waals surface area contributed by atoms with Gasteiger partial charge in [0.2, 0.25) is 0 Å². The molecular weight excluding hydrogens is 211 g/mol. The number of carbonyl (C=O) groups is 1. The predicted molar refractivity (Wildman–Crippen MR) is 60.5 cm³/mol. The maximum Gasteiger partial charge on any atom is 0.405 e. The summed E-state index contributed by atoms with van der Waals surface area (Å²) >= 11 is 0. The molecule has 0 aliphatic rings. The van der Waals surface area contributed by atoms with Crippen LogP contribution in [0.4, 0.5) is 14.9 Å². The third-order valence-electron chi connectivity index (χ3n) is 2.24. The molecule has 0 spiro atoms. The lowest BCUT2D eigenvalue weighted by Crippen LogP contribution is -2.24. The van der Waals surface area contributed by atoms with E-state index in [0.29, 0.717) is 11.1 Å². The van der Waals surface area contributed by atoms with Crippen molar-refractivity contribution in [2.75, 3.05) is 5.73 Å². The molecule has 1 rings (SSSR count). The van der Waals surface area contributed by atoms with Crippen LogP contribution in [0.1, 0.15) is 24.1 Å². The number of hydrogen-bond acceptors (Lipinski definition) is 2. The number of halogens is 1. The number of amides is 1. The molecule has 86 valence electrons. The van der Waals surface area contributed by atoms with E-state index in [1.165, 1.54) is 12.1 Å². The van der Waals surface area contributed by atoms with Crippen molar-refractivity contribution in [1.29, 1.82) is 0 Å². The van der Waals surface area contributed by atoms with Crippen molar-refractivity contribution in [3.8, 4) is 0 Å². The van der Waals surface area contributed by atoms with Crippen LogP contribution in [0, 0.1) is 5.82 Å². The number of carboxylic acid groups (broad SMARTS) is 1. The summed E-state index contributed by atoms with van der Waals surface area (Å²) in [7, 11) is 0. The lowest BCUT2D eigenvalue weighted by atomic mass is 10.0. The molecule has 0 aromatic heterocycles. The van der Waals surface area contributed by atoms with Crippen LogP contribution in [0.5, 0.6) is 0 Å². The highest BCUT2D eigenvalue weighted by atomic mass is 19.1. The smallest absolute Gasteiger partial charge is 0.405 e. The summed E-state index contributed by atoms with van der Waals surface area (Å²) in [6.07, 6.45) is 0.264. The number of nitrogens with one attached hydrogen (secondary N) is 1. The first-order valence-electron chi connectivity index (χ1n) is 4.66. The van der Waals surface area contributed by atoms with Crippen LogP contribution in [0.25, 0.3) is 6.08 Å². The molecule has 1 aromatic carbocycles. The van der Waals surface area contributed by atoms with E-state index in [2.05, 4.69) is 11.9 Å².